The van der Waals surface area contributed by atoms with Gasteiger partial charge in [-0.2, -0.15) is 6.42 Å². The Morgan fingerprint density at radius 1 is 1.67 bits per heavy atom. The van der Waals surface area contributed by atoms with Gasteiger partial charge in [0.05, 0.1) is 0 Å². The molecule has 0 aliphatic carbocycles. The van der Waals surface area contributed by atoms with Gasteiger partial charge in [-0.15, -0.1) is 0 Å². The maximum atomic E-state index is 7.75. The molecule has 0 heterocycles. The fraction of sp³-hybridized carbons (Fsp3) is 0.500. The Morgan fingerprint density at radius 3 is 1.67 bits per heavy atom. The summed E-state index contributed by atoms with van der Waals surface area (Å²) in [6.07, 6.45) is 1.00. The third-order valence-electron chi connectivity index (χ3n) is 0. The smallest absolute Gasteiger partial charge is 0.545 e. The van der Waals surface area contributed by atoms with E-state index in [9.17, 15) is 0 Å². The first-order valence-electron chi connectivity index (χ1n) is 1.44. The van der Waals surface area contributed by atoms with Gasteiger partial charge in [0.25, 0.3) is 0 Å². The van der Waals surface area contributed by atoms with Gasteiger partial charge in [-0.05, 0) is 0 Å². The van der Waals surface area contributed by atoms with E-state index in [2.05, 4.69) is 13.7 Å². The zero-order valence-electron chi connectivity index (χ0n) is 4.11. The average Bonchev–Trinajstić information content (AvgIpc) is 1.46. The van der Waals surface area contributed by atoms with Gasteiger partial charge in [-0.25, -0.2) is 0 Å². The normalized spacial score (nSPS) is 3.67. The number of rotatable bonds is 0. The molecule has 0 aromatic carbocycles. The average molecular weight is 96.4 g/mol. The molecule has 2 heteroatoms. The number of hydrogen-bond donors (Lipinski definition) is 0. The number of hydrogen-bond acceptors (Lipinski definition) is 1. The van der Waals surface area contributed by atoms with Gasteiger partial charge < -0.3 is 11.7 Å². The van der Waals surface area contributed by atoms with Crippen LogP contribution in [0.2, 0.25) is 0 Å². The Morgan fingerprint density at radius 2 is 1.67 bits per heavy atom. The summed E-state index contributed by atoms with van der Waals surface area (Å²) in [6, 6.07) is 0. The summed E-state index contributed by atoms with van der Waals surface area (Å²) in [5.41, 5.74) is 0. The van der Waals surface area contributed by atoms with Crippen LogP contribution in [0.15, 0.2) is 0 Å². The van der Waals surface area contributed by atoms with E-state index >= 15 is 0 Å². The molecule has 0 aliphatic heterocycles. The fourth-order valence-electron chi connectivity index (χ4n) is 0. The van der Waals surface area contributed by atoms with Crippen molar-refractivity contribution in [3.63, 3.8) is 0 Å². The Hall–Kier alpha value is 0.436. The van der Waals surface area contributed by atoms with E-state index in [1.165, 1.54) is 0 Å². The van der Waals surface area contributed by atoms with Crippen LogP contribution in [0.25, 0.3) is 0 Å². The Balaban J connectivity index is -0.0000000275. The van der Waals surface area contributed by atoms with Crippen molar-refractivity contribution in [3.8, 4) is 0 Å². The molecule has 1 nitrogen and oxygen atoms in total. The van der Waals surface area contributed by atoms with Crippen molar-refractivity contribution in [2.45, 2.75) is 13.3 Å². The van der Waals surface area contributed by atoms with Crippen LogP contribution in [0.1, 0.15) is 13.3 Å². The minimum atomic E-state index is 0. The SMILES string of the molecule is [CH-]=O.[CH2-]CC.[Mg+2]. The maximum absolute atomic E-state index is 7.75. The summed E-state index contributed by atoms with van der Waals surface area (Å²) in [5, 5.41) is 0. The Kier molecular flexibility index (Phi) is 139. The Labute approximate surface area is 55.3 Å². The molecule has 0 N–H and O–H groups in total. The predicted octanol–water partition coefficient (Wildman–Crippen LogP) is 0.576. The van der Waals surface area contributed by atoms with Gasteiger partial charge in [-0.3, -0.25) is 6.79 Å². The van der Waals surface area contributed by atoms with E-state index in [0.29, 0.717) is 0 Å². The van der Waals surface area contributed by atoms with Crippen molar-refractivity contribution < 1.29 is 4.79 Å². The second kappa shape index (κ2) is 51.9. The number of carbonyl (C=O) groups excluding carboxylic acids is 1. The molecule has 0 atom stereocenters. The molecule has 0 spiro atoms. The molecule has 0 radical (unpaired) electrons. The third-order valence-corrected chi connectivity index (χ3v) is 0. The summed E-state index contributed by atoms with van der Waals surface area (Å²) >= 11 is 0. The fourth-order valence-corrected chi connectivity index (χ4v) is 0. The van der Waals surface area contributed by atoms with E-state index in [0.717, 1.165) is 6.42 Å². The summed E-state index contributed by atoms with van der Waals surface area (Å²) in [7, 11) is 0. The predicted molar refractivity (Wildman–Crippen MR) is 28.2 cm³/mol. The van der Waals surface area contributed by atoms with Crippen LogP contribution in [0, 0.1) is 6.92 Å². The van der Waals surface area contributed by atoms with Crippen molar-refractivity contribution in [1.29, 1.82) is 0 Å². The molecular weight excluding hydrogens is 88.3 g/mol. The van der Waals surface area contributed by atoms with Crippen LogP contribution < -0.4 is 0 Å². The van der Waals surface area contributed by atoms with E-state index in [-0.39, 0.29) is 23.1 Å². The Bertz CT molecular complexity index is 11.5. The van der Waals surface area contributed by atoms with Crippen molar-refractivity contribution in [1.82, 2.24) is 0 Å². The summed E-state index contributed by atoms with van der Waals surface area (Å²) in [6.45, 7) is 8.75. The van der Waals surface area contributed by atoms with Gasteiger partial charge in [-0.1, -0.05) is 6.92 Å². The molecule has 0 aromatic heterocycles. The zero-order valence-corrected chi connectivity index (χ0v) is 5.52. The van der Waals surface area contributed by atoms with Gasteiger partial charge in [0, 0.05) is 0 Å². The molecule has 0 amide bonds. The molecule has 0 bridgehead atoms. The van der Waals surface area contributed by atoms with Crippen molar-refractivity contribution in [2.75, 3.05) is 0 Å². The van der Waals surface area contributed by atoms with Crippen molar-refractivity contribution >= 4 is 29.8 Å². The first-order valence-corrected chi connectivity index (χ1v) is 1.44. The van der Waals surface area contributed by atoms with Crippen LogP contribution in [-0.4, -0.2) is 29.8 Å². The second-order valence-electron chi connectivity index (χ2n) is 0.500. The van der Waals surface area contributed by atoms with Crippen LogP contribution in [0.4, 0.5) is 0 Å². The third kappa shape index (κ3) is 275. The van der Waals surface area contributed by atoms with Crippen molar-refractivity contribution in [3.05, 3.63) is 6.92 Å². The van der Waals surface area contributed by atoms with Crippen LogP contribution in [0.5, 0.6) is 0 Å². The quantitative estimate of drug-likeness (QED) is 0.245. The molecule has 0 saturated carbocycles. The first-order chi connectivity index (χ1) is 2.41. The van der Waals surface area contributed by atoms with Crippen LogP contribution in [0.3, 0.4) is 0 Å². The summed E-state index contributed by atoms with van der Waals surface area (Å²) < 4.78 is 0. The largest absolute Gasteiger partial charge is 2.00 e. The van der Waals surface area contributed by atoms with Crippen LogP contribution in [-0.2, 0) is 4.79 Å². The van der Waals surface area contributed by atoms with E-state index in [4.69, 9.17) is 4.79 Å². The monoisotopic (exact) mass is 96.0 g/mol. The molecular formula is C4H8MgO. The van der Waals surface area contributed by atoms with Gasteiger partial charge in [0.15, 0.2) is 0 Å². The van der Waals surface area contributed by atoms with E-state index in [1.807, 2.05) is 6.92 Å². The second-order valence-corrected chi connectivity index (χ2v) is 0.500. The minimum Gasteiger partial charge on any atom is -0.545 e. The topological polar surface area (TPSA) is 17.1 Å². The zero-order chi connectivity index (χ0) is 4.71. The standard InChI is InChI=1S/C3H7.CHO.Mg/c1-3-2;1-2;/h1,3H2,2H3;1H;/q2*-1;+2. The molecule has 0 rings (SSSR count). The first kappa shape index (κ1) is 16.1. The van der Waals surface area contributed by atoms with Gasteiger partial charge in [0.2, 0.25) is 0 Å². The van der Waals surface area contributed by atoms with Crippen LogP contribution >= 0.6 is 0 Å². The summed E-state index contributed by atoms with van der Waals surface area (Å²) in [5.74, 6) is 0. The summed E-state index contributed by atoms with van der Waals surface area (Å²) in [4.78, 5) is 7.75. The van der Waals surface area contributed by atoms with Gasteiger partial charge >= 0.3 is 23.1 Å². The molecule has 32 valence electrons. The molecule has 0 aliphatic rings. The van der Waals surface area contributed by atoms with E-state index in [1.54, 1.807) is 0 Å². The molecule has 0 aromatic rings. The maximum Gasteiger partial charge on any atom is 2.00 e. The molecule has 0 fully saturated rings. The van der Waals surface area contributed by atoms with Crippen molar-refractivity contribution in [2.24, 2.45) is 0 Å². The minimum absolute atomic E-state index is 0. The molecule has 0 saturated heterocycles. The van der Waals surface area contributed by atoms with Gasteiger partial charge in [0.1, 0.15) is 0 Å². The molecule has 0 unspecified atom stereocenters. The van der Waals surface area contributed by atoms with E-state index < -0.39 is 0 Å². The molecule has 6 heavy (non-hydrogen) atoms.